The number of halogens is 4. The number of carbonyl (C=O) groups is 1. The smallest absolute Gasteiger partial charge is 0.238 e. The Morgan fingerprint density at radius 1 is 1.04 bits per heavy atom. The van der Waals surface area contributed by atoms with E-state index in [2.05, 4.69) is 31.0 Å². The van der Waals surface area contributed by atoms with Crippen molar-refractivity contribution in [2.45, 2.75) is 6.54 Å². The largest absolute Gasteiger partial charge is 0.324 e. The lowest BCUT2D eigenvalue weighted by molar-refractivity contribution is -0.117. The van der Waals surface area contributed by atoms with Gasteiger partial charge in [0.25, 0.3) is 0 Å². The van der Waals surface area contributed by atoms with Crippen molar-refractivity contribution in [3.63, 3.8) is 0 Å². The lowest BCUT2D eigenvalue weighted by Crippen LogP contribution is -2.48. The van der Waals surface area contributed by atoms with Crippen LogP contribution < -0.4 is 5.32 Å². The summed E-state index contributed by atoms with van der Waals surface area (Å²) in [4.78, 5) is 16.6. The zero-order valence-electron chi connectivity index (χ0n) is 14.5. The van der Waals surface area contributed by atoms with Gasteiger partial charge in [-0.25, -0.2) is 4.39 Å². The van der Waals surface area contributed by atoms with Gasteiger partial charge in [-0.3, -0.25) is 14.6 Å². The summed E-state index contributed by atoms with van der Waals surface area (Å²) >= 11 is 15.6. The zero-order chi connectivity index (χ0) is 19.4. The molecule has 0 aromatic heterocycles. The van der Waals surface area contributed by atoms with Crippen LogP contribution in [0.15, 0.2) is 40.9 Å². The molecule has 1 saturated heterocycles. The number of amides is 1. The van der Waals surface area contributed by atoms with Crippen molar-refractivity contribution in [2.75, 3.05) is 38.0 Å². The lowest BCUT2D eigenvalue weighted by atomic mass is 10.2. The van der Waals surface area contributed by atoms with Gasteiger partial charge in [0.05, 0.1) is 17.3 Å². The number of hydrogen-bond acceptors (Lipinski definition) is 3. The summed E-state index contributed by atoms with van der Waals surface area (Å²) in [5, 5.41) is 3.79. The van der Waals surface area contributed by atoms with Crippen molar-refractivity contribution in [1.29, 1.82) is 0 Å². The standard InChI is InChI=1S/C19H19BrCl2FN3O/c20-14-2-4-18(17(22)9-14)24-19(27)12-26-7-5-25(6-8-26)11-13-1-3-15(23)10-16(13)21/h1-4,9-10H,5-8,11-12H2,(H,24,27). The Balaban J connectivity index is 1.47. The zero-order valence-corrected chi connectivity index (χ0v) is 17.6. The third kappa shape index (κ3) is 5.90. The summed E-state index contributed by atoms with van der Waals surface area (Å²) in [6.45, 7) is 4.19. The predicted molar refractivity (Wildman–Crippen MR) is 111 cm³/mol. The average Bonchev–Trinajstić information content (AvgIpc) is 2.61. The van der Waals surface area contributed by atoms with E-state index in [0.29, 0.717) is 28.8 Å². The molecule has 0 spiro atoms. The van der Waals surface area contributed by atoms with Crippen LogP contribution in [0.2, 0.25) is 10.0 Å². The Morgan fingerprint density at radius 2 is 1.74 bits per heavy atom. The molecule has 8 heteroatoms. The van der Waals surface area contributed by atoms with E-state index in [1.165, 1.54) is 12.1 Å². The molecule has 27 heavy (non-hydrogen) atoms. The molecule has 1 aliphatic heterocycles. The first kappa shape index (κ1) is 20.6. The number of nitrogens with zero attached hydrogens (tertiary/aromatic N) is 2. The number of piperazine rings is 1. The molecule has 0 unspecified atom stereocenters. The van der Waals surface area contributed by atoms with Crippen molar-refractivity contribution in [3.8, 4) is 0 Å². The third-order valence-electron chi connectivity index (χ3n) is 4.45. The van der Waals surface area contributed by atoms with E-state index in [-0.39, 0.29) is 11.7 Å². The first-order valence-electron chi connectivity index (χ1n) is 8.54. The highest BCUT2D eigenvalue weighted by Crippen LogP contribution is 2.25. The second-order valence-corrected chi connectivity index (χ2v) is 8.19. The van der Waals surface area contributed by atoms with Gasteiger partial charge in [0.1, 0.15) is 5.82 Å². The van der Waals surface area contributed by atoms with E-state index in [0.717, 1.165) is 36.2 Å². The Labute approximate surface area is 176 Å². The van der Waals surface area contributed by atoms with Gasteiger partial charge in [-0.2, -0.15) is 0 Å². The minimum Gasteiger partial charge on any atom is -0.324 e. The summed E-state index contributed by atoms with van der Waals surface area (Å²) in [5.41, 5.74) is 1.52. The van der Waals surface area contributed by atoms with E-state index in [1.807, 2.05) is 6.07 Å². The second kappa shape index (κ2) is 9.34. The van der Waals surface area contributed by atoms with Gasteiger partial charge >= 0.3 is 0 Å². The van der Waals surface area contributed by atoms with Gasteiger partial charge in [0.15, 0.2) is 0 Å². The molecule has 144 valence electrons. The van der Waals surface area contributed by atoms with Gasteiger partial charge in [-0.1, -0.05) is 45.2 Å². The van der Waals surface area contributed by atoms with Gasteiger partial charge in [0, 0.05) is 42.2 Å². The van der Waals surface area contributed by atoms with Crippen LogP contribution in [0.25, 0.3) is 0 Å². The number of benzene rings is 2. The number of anilines is 1. The fourth-order valence-corrected chi connectivity index (χ4v) is 3.93. The van der Waals surface area contributed by atoms with Crippen molar-refractivity contribution < 1.29 is 9.18 Å². The molecule has 3 rings (SSSR count). The van der Waals surface area contributed by atoms with Gasteiger partial charge in [-0.15, -0.1) is 0 Å². The van der Waals surface area contributed by atoms with Crippen molar-refractivity contribution in [2.24, 2.45) is 0 Å². The van der Waals surface area contributed by atoms with Crippen LogP contribution in [0.3, 0.4) is 0 Å². The normalized spacial score (nSPS) is 15.7. The summed E-state index contributed by atoms with van der Waals surface area (Å²) in [5.74, 6) is -0.417. The maximum absolute atomic E-state index is 13.1. The van der Waals surface area contributed by atoms with Crippen molar-refractivity contribution in [1.82, 2.24) is 9.80 Å². The molecule has 1 heterocycles. The molecule has 2 aromatic rings. The van der Waals surface area contributed by atoms with Crippen LogP contribution in [0, 0.1) is 5.82 Å². The van der Waals surface area contributed by atoms with E-state index in [9.17, 15) is 9.18 Å². The fraction of sp³-hybridized carbons (Fsp3) is 0.316. The second-order valence-electron chi connectivity index (χ2n) is 6.46. The molecular weight excluding hydrogens is 456 g/mol. The maximum Gasteiger partial charge on any atom is 0.238 e. The van der Waals surface area contributed by atoms with Crippen LogP contribution in [0.1, 0.15) is 5.56 Å². The third-order valence-corrected chi connectivity index (χ3v) is 5.60. The minimum atomic E-state index is -0.328. The van der Waals surface area contributed by atoms with Crippen LogP contribution in [0.4, 0.5) is 10.1 Å². The Kier molecular flexibility index (Phi) is 7.11. The van der Waals surface area contributed by atoms with Gasteiger partial charge in [0.2, 0.25) is 5.91 Å². The van der Waals surface area contributed by atoms with Crippen molar-refractivity contribution >= 4 is 50.7 Å². The van der Waals surface area contributed by atoms with E-state index >= 15 is 0 Å². The molecule has 0 bridgehead atoms. The van der Waals surface area contributed by atoms with Crippen LogP contribution in [-0.4, -0.2) is 48.4 Å². The monoisotopic (exact) mass is 473 g/mol. The van der Waals surface area contributed by atoms with Crippen LogP contribution >= 0.6 is 39.1 Å². The molecule has 0 atom stereocenters. The average molecular weight is 475 g/mol. The summed E-state index contributed by atoms with van der Waals surface area (Å²) in [7, 11) is 0. The quantitative estimate of drug-likeness (QED) is 0.684. The van der Waals surface area contributed by atoms with Gasteiger partial charge < -0.3 is 5.32 Å². The lowest BCUT2D eigenvalue weighted by Gasteiger charge is -2.34. The summed E-state index contributed by atoms with van der Waals surface area (Å²) in [6, 6.07) is 9.84. The SMILES string of the molecule is O=C(CN1CCN(Cc2ccc(F)cc2Cl)CC1)Nc1ccc(Br)cc1Cl. The van der Waals surface area contributed by atoms with E-state index in [4.69, 9.17) is 23.2 Å². The molecule has 1 aliphatic rings. The topological polar surface area (TPSA) is 35.6 Å². The van der Waals surface area contributed by atoms with Crippen LogP contribution in [0.5, 0.6) is 0 Å². The number of carbonyl (C=O) groups excluding carboxylic acids is 1. The minimum absolute atomic E-state index is 0.0887. The van der Waals surface area contributed by atoms with E-state index < -0.39 is 0 Å². The highest BCUT2D eigenvalue weighted by Gasteiger charge is 2.20. The van der Waals surface area contributed by atoms with Crippen LogP contribution in [-0.2, 0) is 11.3 Å². The van der Waals surface area contributed by atoms with Crippen molar-refractivity contribution in [3.05, 3.63) is 62.3 Å². The highest BCUT2D eigenvalue weighted by atomic mass is 79.9. The van der Waals surface area contributed by atoms with E-state index in [1.54, 1.807) is 18.2 Å². The van der Waals surface area contributed by atoms with Gasteiger partial charge in [-0.05, 0) is 35.9 Å². The Morgan fingerprint density at radius 3 is 2.41 bits per heavy atom. The maximum atomic E-state index is 13.1. The number of hydrogen-bond donors (Lipinski definition) is 1. The molecule has 1 amide bonds. The first-order valence-corrected chi connectivity index (χ1v) is 10.1. The number of nitrogens with one attached hydrogen (secondary N) is 1. The Hall–Kier alpha value is -1.18. The molecule has 1 fully saturated rings. The molecular formula is C19H19BrCl2FN3O. The molecule has 2 aromatic carbocycles. The summed E-state index contributed by atoms with van der Waals surface area (Å²) < 4.78 is 14.0. The molecule has 0 aliphatic carbocycles. The molecule has 0 saturated carbocycles. The number of rotatable bonds is 5. The first-order chi connectivity index (χ1) is 12.9. The fourth-order valence-electron chi connectivity index (χ4n) is 2.98. The Bertz CT molecular complexity index is 829. The summed E-state index contributed by atoms with van der Waals surface area (Å²) in [6.07, 6.45) is 0. The molecule has 4 nitrogen and oxygen atoms in total. The molecule has 0 radical (unpaired) electrons. The predicted octanol–water partition coefficient (Wildman–Crippen LogP) is 4.65. The highest BCUT2D eigenvalue weighted by molar-refractivity contribution is 9.10. The molecule has 1 N–H and O–H groups in total.